The Labute approximate surface area is 98.5 Å². The first-order chi connectivity index (χ1) is 8.19. The molecule has 0 aromatic carbocycles. The van der Waals surface area contributed by atoms with E-state index in [1.54, 1.807) is 35.3 Å². The van der Waals surface area contributed by atoms with Crippen molar-refractivity contribution in [1.82, 2.24) is 14.8 Å². The van der Waals surface area contributed by atoms with Gasteiger partial charge >= 0.3 is 0 Å². The molecule has 88 valence electrons. The lowest BCUT2D eigenvalue weighted by molar-refractivity contribution is 0.102. The van der Waals surface area contributed by atoms with Crippen molar-refractivity contribution in [3.63, 3.8) is 0 Å². The number of carbonyl (C=O) groups is 1. The molecule has 0 aliphatic carbocycles. The van der Waals surface area contributed by atoms with Crippen molar-refractivity contribution in [3.8, 4) is 0 Å². The first kappa shape index (κ1) is 11.1. The molecular weight excluding hydrogens is 218 g/mol. The number of nitrogens with zero attached hydrogens (tertiary/aromatic N) is 3. The largest absolute Gasteiger partial charge is 0.384 e. The number of carbonyl (C=O) groups excluding carboxylic acids is 1. The van der Waals surface area contributed by atoms with Crippen LogP contribution in [0.2, 0.25) is 0 Å². The molecule has 0 fully saturated rings. The van der Waals surface area contributed by atoms with Crippen molar-refractivity contribution in [2.75, 3.05) is 11.1 Å². The van der Waals surface area contributed by atoms with Gasteiger partial charge in [-0.2, -0.15) is 5.10 Å². The zero-order valence-corrected chi connectivity index (χ0v) is 9.42. The molecule has 2 rings (SSSR count). The van der Waals surface area contributed by atoms with Crippen LogP contribution in [0.5, 0.6) is 0 Å². The highest BCUT2D eigenvalue weighted by Crippen LogP contribution is 2.08. The number of hydrogen-bond acceptors (Lipinski definition) is 4. The quantitative estimate of drug-likeness (QED) is 0.829. The van der Waals surface area contributed by atoms with Crippen LogP contribution in [0.15, 0.2) is 30.6 Å². The molecule has 0 saturated heterocycles. The molecule has 0 aliphatic rings. The fourth-order valence-electron chi connectivity index (χ4n) is 1.37. The maximum absolute atomic E-state index is 11.8. The van der Waals surface area contributed by atoms with Crippen molar-refractivity contribution in [3.05, 3.63) is 36.3 Å². The summed E-state index contributed by atoms with van der Waals surface area (Å²) in [4.78, 5) is 15.7. The van der Waals surface area contributed by atoms with Crippen LogP contribution < -0.4 is 11.1 Å². The molecule has 1 amide bonds. The third-order valence-corrected chi connectivity index (χ3v) is 2.22. The summed E-state index contributed by atoms with van der Waals surface area (Å²) in [6.07, 6.45) is 3.35. The normalized spacial score (nSPS) is 10.2. The highest BCUT2D eigenvalue weighted by molar-refractivity contribution is 6.02. The number of aryl methyl sites for hydroxylation is 1. The van der Waals surface area contributed by atoms with Crippen LogP contribution >= 0.6 is 0 Å². The predicted molar refractivity (Wildman–Crippen MR) is 64.5 cm³/mol. The summed E-state index contributed by atoms with van der Waals surface area (Å²) < 4.78 is 1.72. The zero-order chi connectivity index (χ0) is 12.3. The Kier molecular flexibility index (Phi) is 3.04. The van der Waals surface area contributed by atoms with Crippen LogP contribution in [0.25, 0.3) is 0 Å². The molecule has 17 heavy (non-hydrogen) atoms. The van der Waals surface area contributed by atoms with Crippen LogP contribution in [0.3, 0.4) is 0 Å². The number of nitrogens with two attached hydrogens (primary N) is 1. The number of nitrogen functional groups attached to an aromatic ring is 1. The average molecular weight is 231 g/mol. The summed E-state index contributed by atoms with van der Waals surface area (Å²) in [7, 11) is 0. The third-order valence-electron chi connectivity index (χ3n) is 2.22. The second-order valence-electron chi connectivity index (χ2n) is 3.49. The lowest BCUT2D eigenvalue weighted by atomic mass is 10.3. The van der Waals surface area contributed by atoms with Gasteiger partial charge in [0.05, 0.1) is 11.9 Å². The third kappa shape index (κ3) is 2.60. The number of nitrogens with one attached hydrogen (secondary N) is 1. The fraction of sp³-hybridized carbons (Fsp3) is 0.182. The summed E-state index contributed by atoms with van der Waals surface area (Å²) in [5.41, 5.74) is 6.43. The summed E-state index contributed by atoms with van der Waals surface area (Å²) in [5.74, 6) is 0.0230. The lowest BCUT2D eigenvalue weighted by Crippen LogP contribution is -2.13. The molecule has 0 unspecified atom stereocenters. The average Bonchev–Trinajstić information content (AvgIpc) is 2.77. The summed E-state index contributed by atoms with van der Waals surface area (Å²) >= 11 is 0. The Morgan fingerprint density at radius 1 is 1.53 bits per heavy atom. The van der Waals surface area contributed by atoms with Gasteiger partial charge in [-0.25, -0.2) is 4.98 Å². The highest BCUT2D eigenvalue weighted by atomic mass is 16.1. The molecule has 0 atom stereocenters. The smallest absolute Gasteiger partial charge is 0.274 e. The van der Waals surface area contributed by atoms with E-state index in [2.05, 4.69) is 15.4 Å². The number of aromatic nitrogens is 3. The Hall–Kier alpha value is -2.37. The molecule has 2 heterocycles. The molecule has 0 aliphatic heterocycles. The fourth-order valence-corrected chi connectivity index (χ4v) is 1.37. The molecular formula is C11H13N5O. The molecule has 0 radical (unpaired) electrons. The van der Waals surface area contributed by atoms with Gasteiger partial charge in [0.2, 0.25) is 0 Å². The first-order valence-electron chi connectivity index (χ1n) is 5.25. The Balaban J connectivity index is 2.11. The number of anilines is 2. The highest BCUT2D eigenvalue weighted by Gasteiger charge is 2.08. The predicted octanol–water partition coefficient (Wildman–Crippen LogP) is 1.13. The number of amides is 1. The van der Waals surface area contributed by atoms with Gasteiger partial charge in [0, 0.05) is 12.7 Å². The maximum Gasteiger partial charge on any atom is 0.274 e. The van der Waals surface area contributed by atoms with E-state index in [-0.39, 0.29) is 11.6 Å². The SMILES string of the molecule is CCn1cc(NC(=O)c2cccc(N)n2)cn1. The Bertz CT molecular complexity index is 534. The second-order valence-corrected chi connectivity index (χ2v) is 3.49. The minimum Gasteiger partial charge on any atom is -0.384 e. The van der Waals surface area contributed by atoms with Crippen LogP contribution in [0, 0.1) is 0 Å². The van der Waals surface area contributed by atoms with Gasteiger partial charge < -0.3 is 11.1 Å². The van der Waals surface area contributed by atoms with Crippen molar-refractivity contribution >= 4 is 17.4 Å². The number of pyridine rings is 1. The summed E-state index contributed by atoms with van der Waals surface area (Å²) in [6.45, 7) is 2.73. The van der Waals surface area contributed by atoms with Gasteiger partial charge in [-0.05, 0) is 19.1 Å². The van der Waals surface area contributed by atoms with E-state index in [9.17, 15) is 4.79 Å². The number of hydrogen-bond donors (Lipinski definition) is 2. The molecule has 2 aromatic rings. The molecule has 6 nitrogen and oxygen atoms in total. The number of rotatable bonds is 3. The molecule has 0 saturated carbocycles. The standard InChI is InChI=1S/C11H13N5O/c1-2-16-7-8(6-13-16)14-11(17)9-4-3-5-10(12)15-9/h3-7H,2H2,1H3,(H2,12,15)(H,14,17). The summed E-state index contributed by atoms with van der Waals surface area (Å²) in [5, 5.41) is 6.76. The van der Waals surface area contributed by atoms with Gasteiger partial charge in [0.1, 0.15) is 11.5 Å². The van der Waals surface area contributed by atoms with E-state index in [0.29, 0.717) is 11.5 Å². The van der Waals surface area contributed by atoms with Gasteiger partial charge in [-0.3, -0.25) is 9.48 Å². The van der Waals surface area contributed by atoms with Crippen molar-refractivity contribution in [1.29, 1.82) is 0 Å². The topological polar surface area (TPSA) is 85.8 Å². The van der Waals surface area contributed by atoms with Gasteiger partial charge in [0.25, 0.3) is 5.91 Å². The molecule has 0 spiro atoms. The lowest BCUT2D eigenvalue weighted by Gasteiger charge is -2.01. The van der Waals surface area contributed by atoms with E-state index in [0.717, 1.165) is 6.54 Å². The maximum atomic E-state index is 11.8. The van der Waals surface area contributed by atoms with Gasteiger partial charge in [0.15, 0.2) is 0 Å². The van der Waals surface area contributed by atoms with Crippen LogP contribution in [0.1, 0.15) is 17.4 Å². The molecule has 3 N–H and O–H groups in total. The monoisotopic (exact) mass is 231 g/mol. The van der Waals surface area contributed by atoms with Crippen molar-refractivity contribution in [2.45, 2.75) is 13.5 Å². The van der Waals surface area contributed by atoms with E-state index in [4.69, 9.17) is 5.73 Å². The Morgan fingerprint density at radius 3 is 3.00 bits per heavy atom. The zero-order valence-electron chi connectivity index (χ0n) is 9.42. The van der Waals surface area contributed by atoms with Gasteiger partial charge in [-0.1, -0.05) is 6.07 Å². The van der Waals surface area contributed by atoms with E-state index in [1.165, 1.54) is 0 Å². The molecule has 0 bridgehead atoms. The van der Waals surface area contributed by atoms with E-state index < -0.39 is 0 Å². The first-order valence-corrected chi connectivity index (χ1v) is 5.25. The van der Waals surface area contributed by atoms with Crippen LogP contribution in [-0.4, -0.2) is 20.7 Å². The van der Waals surface area contributed by atoms with Crippen molar-refractivity contribution < 1.29 is 4.79 Å². The van der Waals surface area contributed by atoms with Crippen LogP contribution in [0.4, 0.5) is 11.5 Å². The summed E-state index contributed by atoms with van der Waals surface area (Å²) in [6, 6.07) is 4.93. The second kappa shape index (κ2) is 4.65. The van der Waals surface area contributed by atoms with Crippen molar-refractivity contribution in [2.24, 2.45) is 0 Å². The van der Waals surface area contributed by atoms with E-state index in [1.807, 2.05) is 6.92 Å². The molecule has 6 heteroatoms. The van der Waals surface area contributed by atoms with Gasteiger partial charge in [-0.15, -0.1) is 0 Å². The minimum atomic E-state index is -0.298. The molecule has 2 aromatic heterocycles. The minimum absolute atomic E-state index is 0.286. The van der Waals surface area contributed by atoms with E-state index >= 15 is 0 Å². The van der Waals surface area contributed by atoms with Crippen LogP contribution in [-0.2, 0) is 6.54 Å². The Morgan fingerprint density at radius 2 is 2.35 bits per heavy atom.